The Hall–Kier alpha value is -3.28. The average molecular weight is 614 g/mol. The van der Waals surface area contributed by atoms with Gasteiger partial charge in [-0.3, -0.25) is 24.2 Å². The Balaban J connectivity index is 1.54. The number of halogens is 1. The highest BCUT2D eigenvalue weighted by Gasteiger charge is 2.64. The Morgan fingerprint density at radius 3 is 2.36 bits per heavy atom. The molecule has 5 rings (SSSR count). The molecule has 1 aromatic rings. The fourth-order valence-corrected chi connectivity index (χ4v) is 8.17. The summed E-state index contributed by atoms with van der Waals surface area (Å²) >= 11 is 0. The first-order valence-electron chi connectivity index (χ1n) is 15.7. The minimum atomic E-state index is -2.72. The highest BCUT2D eigenvalue weighted by molar-refractivity contribution is 6.24. The zero-order valence-electron chi connectivity index (χ0n) is 25.7. The molecule has 0 aliphatic heterocycles. The summed E-state index contributed by atoms with van der Waals surface area (Å²) in [6, 6.07) is 0.0964. The molecule has 2 fully saturated rings. The van der Waals surface area contributed by atoms with Crippen LogP contribution in [0, 0.1) is 23.6 Å². The Bertz CT molecular complexity index is 1430. The lowest BCUT2D eigenvalue weighted by molar-refractivity contribution is -0.153. The van der Waals surface area contributed by atoms with Crippen LogP contribution in [0.1, 0.15) is 75.0 Å². The molecule has 4 aliphatic carbocycles. The number of nitrogens with zero attached hydrogens (tertiary/aromatic N) is 2. The van der Waals surface area contributed by atoms with Crippen molar-refractivity contribution in [1.29, 1.82) is 0 Å². The Kier molecular flexibility index (Phi) is 8.94. The number of fused-ring (bicyclic) bond motifs is 3. The van der Waals surface area contributed by atoms with Crippen LogP contribution in [0.25, 0.3) is 5.76 Å². The number of carbonyl (C=O) groups is 3. The third-order valence-corrected chi connectivity index (χ3v) is 10.2. The van der Waals surface area contributed by atoms with Crippen LogP contribution >= 0.6 is 0 Å². The third-order valence-electron chi connectivity index (χ3n) is 10.2. The van der Waals surface area contributed by atoms with E-state index in [4.69, 9.17) is 5.73 Å². The zero-order valence-corrected chi connectivity index (χ0v) is 25.7. The summed E-state index contributed by atoms with van der Waals surface area (Å²) in [5.74, 6) is -7.53. The van der Waals surface area contributed by atoms with Crippen molar-refractivity contribution in [1.82, 2.24) is 9.80 Å². The summed E-state index contributed by atoms with van der Waals surface area (Å²) in [6.45, 7) is 3.96. The number of phenolic OH excluding ortho intramolecular Hbond substituents is 1. The van der Waals surface area contributed by atoms with Gasteiger partial charge in [-0.25, -0.2) is 4.39 Å². The van der Waals surface area contributed by atoms with E-state index in [1.807, 2.05) is 0 Å². The summed E-state index contributed by atoms with van der Waals surface area (Å²) in [6.07, 6.45) is 7.89. The van der Waals surface area contributed by atoms with Gasteiger partial charge < -0.3 is 26.2 Å². The van der Waals surface area contributed by atoms with Crippen molar-refractivity contribution in [3.63, 3.8) is 0 Å². The van der Waals surface area contributed by atoms with Gasteiger partial charge in [-0.15, -0.1) is 0 Å². The lowest BCUT2D eigenvalue weighted by atomic mass is 9.57. The number of ketones is 2. The molecule has 4 aliphatic rings. The number of nitrogens with two attached hydrogens (primary N) is 1. The number of rotatable bonds is 8. The summed E-state index contributed by atoms with van der Waals surface area (Å²) < 4.78 is 16.3. The quantitative estimate of drug-likeness (QED) is 0.219. The Labute approximate surface area is 257 Å². The van der Waals surface area contributed by atoms with Crippen molar-refractivity contribution in [2.45, 2.75) is 82.9 Å². The molecular formula is C33H44FN3O7. The van der Waals surface area contributed by atoms with E-state index in [1.54, 1.807) is 0 Å². The first-order valence-corrected chi connectivity index (χ1v) is 15.7. The standard InChI is InChI=1S/C33H44FN3O7/c1-4-11-37(15-17-9-7-5-6-8-10-17)16-19-14-22(38)24-20(26(19)34)12-18-13-21-27(36(2)3)29(40)25(32(35)43)31(42)33(21,44)30(41)23(18)28(24)39/h14,17-18,21,27,38-39,42,44H,4-13,15-16H2,1-3H3,(H2,35,43)/t18-,21-,27-,33-/m0/s1. The van der Waals surface area contributed by atoms with Crippen LogP contribution in [-0.2, 0) is 27.3 Å². The Morgan fingerprint density at radius 2 is 1.77 bits per heavy atom. The molecule has 0 heterocycles. The van der Waals surface area contributed by atoms with Crippen molar-refractivity contribution in [2.24, 2.45) is 23.5 Å². The largest absolute Gasteiger partial charge is 0.508 e. The van der Waals surface area contributed by atoms with E-state index in [-0.39, 0.29) is 36.1 Å². The van der Waals surface area contributed by atoms with E-state index < -0.39 is 69.6 Å². The van der Waals surface area contributed by atoms with Crippen molar-refractivity contribution >= 4 is 23.2 Å². The molecule has 2 saturated carbocycles. The molecule has 6 N–H and O–H groups in total. The van der Waals surface area contributed by atoms with Gasteiger partial charge >= 0.3 is 0 Å². The molecule has 1 amide bonds. The molecule has 10 nitrogen and oxygen atoms in total. The molecule has 0 saturated heterocycles. The van der Waals surface area contributed by atoms with E-state index in [1.165, 1.54) is 50.7 Å². The topological polar surface area (TPSA) is 165 Å². The fourth-order valence-electron chi connectivity index (χ4n) is 8.17. The minimum Gasteiger partial charge on any atom is -0.508 e. The Morgan fingerprint density at radius 1 is 1.11 bits per heavy atom. The van der Waals surface area contributed by atoms with Crippen LogP contribution in [0.5, 0.6) is 5.75 Å². The van der Waals surface area contributed by atoms with E-state index in [2.05, 4.69) is 11.8 Å². The summed E-state index contributed by atoms with van der Waals surface area (Å²) in [7, 11) is 3.07. The normalized spacial score (nSPS) is 27.8. The van der Waals surface area contributed by atoms with Crippen molar-refractivity contribution in [3.8, 4) is 5.75 Å². The van der Waals surface area contributed by atoms with Crippen LogP contribution in [0.3, 0.4) is 0 Å². The van der Waals surface area contributed by atoms with Gasteiger partial charge in [0, 0.05) is 35.7 Å². The number of carbonyl (C=O) groups excluding carboxylic acids is 3. The molecule has 0 radical (unpaired) electrons. The highest BCUT2D eigenvalue weighted by atomic mass is 19.1. The smallest absolute Gasteiger partial charge is 0.255 e. The number of hydrogen-bond acceptors (Lipinski definition) is 9. The van der Waals surface area contributed by atoms with Gasteiger partial charge in [0.2, 0.25) is 5.78 Å². The van der Waals surface area contributed by atoms with E-state index in [9.17, 15) is 34.8 Å². The summed E-state index contributed by atoms with van der Waals surface area (Å²) in [5.41, 5.74) is 1.61. The SMILES string of the molecule is CCCN(Cc1cc(O)c2c(c1F)C[C@H]1C[C@H]3[C@H](N(C)C)C(=O)C(C(N)=O)=C(O)[C@@]3(O)C(=O)C1=C2O)CC1CCCCCC1. The third kappa shape index (κ3) is 5.22. The second kappa shape index (κ2) is 12.3. The van der Waals surface area contributed by atoms with Gasteiger partial charge in [-0.2, -0.15) is 0 Å². The number of amides is 1. The predicted octanol–water partition coefficient (Wildman–Crippen LogP) is 3.29. The zero-order chi connectivity index (χ0) is 32.1. The second-order valence-electron chi connectivity index (χ2n) is 13.3. The summed E-state index contributed by atoms with van der Waals surface area (Å²) in [5, 5.41) is 45.1. The molecule has 0 bridgehead atoms. The number of aliphatic hydroxyl groups excluding tert-OH is 2. The maximum Gasteiger partial charge on any atom is 0.255 e. The van der Waals surface area contributed by atoms with Gasteiger partial charge in [0.05, 0.1) is 11.6 Å². The van der Waals surface area contributed by atoms with Gasteiger partial charge in [0.25, 0.3) is 5.91 Å². The molecular weight excluding hydrogens is 569 g/mol. The number of phenols is 1. The maximum atomic E-state index is 16.3. The number of aliphatic hydroxyl groups is 3. The van der Waals surface area contributed by atoms with E-state index >= 15 is 4.39 Å². The molecule has 240 valence electrons. The predicted molar refractivity (Wildman–Crippen MR) is 161 cm³/mol. The van der Waals surface area contributed by atoms with Gasteiger partial charge in [0.15, 0.2) is 11.4 Å². The fraction of sp³-hybridized carbons (Fsp3) is 0.606. The van der Waals surface area contributed by atoms with Gasteiger partial charge in [0.1, 0.15) is 28.7 Å². The molecule has 0 aromatic heterocycles. The number of Topliss-reactive ketones (excluding diaryl/α,β-unsaturated/α-hetero) is 2. The number of hydrogen-bond donors (Lipinski definition) is 5. The lowest BCUT2D eigenvalue weighted by Crippen LogP contribution is -2.65. The van der Waals surface area contributed by atoms with Crippen LogP contribution in [0.2, 0.25) is 0 Å². The number of likely N-dealkylation sites (N-methyl/N-ethyl adjacent to an activating group) is 1. The van der Waals surface area contributed by atoms with Crippen LogP contribution < -0.4 is 5.73 Å². The number of aromatic hydroxyl groups is 1. The monoisotopic (exact) mass is 613 g/mol. The minimum absolute atomic E-state index is 0.0662. The van der Waals surface area contributed by atoms with Crippen LogP contribution in [0.15, 0.2) is 23.0 Å². The molecule has 0 spiro atoms. The van der Waals surface area contributed by atoms with Gasteiger partial charge in [-0.05, 0) is 70.6 Å². The molecule has 4 atom stereocenters. The maximum absolute atomic E-state index is 16.3. The molecule has 0 unspecified atom stereocenters. The van der Waals surface area contributed by atoms with E-state index in [0.717, 1.165) is 32.4 Å². The lowest BCUT2D eigenvalue weighted by Gasteiger charge is -2.50. The van der Waals surface area contributed by atoms with Crippen LogP contribution in [-0.4, -0.2) is 86.5 Å². The van der Waals surface area contributed by atoms with Crippen LogP contribution in [0.4, 0.5) is 4.39 Å². The molecule has 1 aromatic carbocycles. The number of primary amides is 1. The van der Waals surface area contributed by atoms with Crippen molar-refractivity contribution in [2.75, 3.05) is 27.2 Å². The second-order valence-corrected chi connectivity index (χ2v) is 13.3. The highest BCUT2D eigenvalue weighted by Crippen LogP contribution is 2.53. The first kappa shape index (κ1) is 32.1. The average Bonchev–Trinajstić information content (AvgIpc) is 3.21. The first-order chi connectivity index (χ1) is 20.8. The molecule has 44 heavy (non-hydrogen) atoms. The summed E-state index contributed by atoms with van der Waals surface area (Å²) in [4.78, 5) is 43.0. The van der Waals surface area contributed by atoms with Crippen molar-refractivity contribution in [3.05, 3.63) is 45.5 Å². The van der Waals surface area contributed by atoms with Crippen molar-refractivity contribution < 1.29 is 39.2 Å². The van der Waals surface area contributed by atoms with Gasteiger partial charge in [-0.1, -0.05) is 32.6 Å². The molecule has 11 heteroatoms. The number of benzene rings is 1. The van der Waals surface area contributed by atoms with E-state index in [0.29, 0.717) is 11.5 Å².